The largest absolute Gasteiger partial charge is 0.466 e. The second-order valence-corrected chi connectivity index (χ2v) is 5.74. The normalized spacial score (nSPS) is 12.7. The van der Waals surface area contributed by atoms with Gasteiger partial charge in [-0.25, -0.2) is 0 Å². The van der Waals surface area contributed by atoms with Crippen LogP contribution >= 0.6 is 23.2 Å². The van der Waals surface area contributed by atoms with Crippen molar-refractivity contribution in [1.29, 1.82) is 0 Å². The summed E-state index contributed by atoms with van der Waals surface area (Å²) in [7, 11) is 0. The Morgan fingerprint density at radius 1 is 1.15 bits per heavy atom. The van der Waals surface area contributed by atoms with Crippen molar-refractivity contribution in [2.75, 3.05) is 6.54 Å². The first kappa shape index (κ1) is 15.4. The topological polar surface area (TPSA) is 25.2 Å². The van der Waals surface area contributed by atoms with Crippen molar-refractivity contribution in [1.82, 2.24) is 5.32 Å². The molecule has 1 N–H and O–H groups in total. The van der Waals surface area contributed by atoms with Crippen molar-refractivity contribution < 1.29 is 4.42 Å². The van der Waals surface area contributed by atoms with Gasteiger partial charge in [-0.3, -0.25) is 0 Å². The van der Waals surface area contributed by atoms with Crippen LogP contribution in [0, 0.1) is 13.8 Å². The van der Waals surface area contributed by atoms with Crippen LogP contribution in [0.25, 0.3) is 0 Å². The van der Waals surface area contributed by atoms with Crippen molar-refractivity contribution >= 4 is 23.2 Å². The highest BCUT2D eigenvalue weighted by Gasteiger charge is 2.19. The molecular formula is C16H19Cl2NO. The van der Waals surface area contributed by atoms with Gasteiger partial charge in [-0.2, -0.15) is 0 Å². The second-order valence-electron chi connectivity index (χ2n) is 4.93. The quantitative estimate of drug-likeness (QED) is 0.811. The van der Waals surface area contributed by atoms with Gasteiger partial charge in [0.25, 0.3) is 0 Å². The molecule has 0 saturated heterocycles. The Balaban J connectivity index is 2.41. The lowest BCUT2D eigenvalue weighted by molar-refractivity contribution is 0.493. The van der Waals surface area contributed by atoms with Gasteiger partial charge in [-0.1, -0.05) is 36.2 Å². The molecule has 1 aromatic carbocycles. The van der Waals surface area contributed by atoms with Crippen LogP contribution in [-0.2, 0) is 0 Å². The summed E-state index contributed by atoms with van der Waals surface area (Å²) in [5, 5.41) is 4.69. The van der Waals surface area contributed by atoms with E-state index >= 15 is 0 Å². The number of furan rings is 1. The van der Waals surface area contributed by atoms with Crippen LogP contribution in [0.15, 0.2) is 28.7 Å². The third kappa shape index (κ3) is 3.38. The molecule has 0 saturated carbocycles. The van der Waals surface area contributed by atoms with Gasteiger partial charge < -0.3 is 9.73 Å². The summed E-state index contributed by atoms with van der Waals surface area (Å²) >= 11 is 12.1. The summed E-state index contributed by atoms with van der Waals surface area (Å²) in [5.74, 6) is 1.85. The summed E-state index contributed by atoms with van der Waals surface area (Å²) in [5.41, 5.74) is 2.24. The Labute approximate surface area is 130 Å². The predicted octanol–water partition coefficient (Wildman–Crippen LogP) is 5.29. The van der Waals surface area contributed by atoms with Crippen LogP contribution < -0.4 is 5.32 Å². The summed E-state index contributed by atoms with van der Waals surface area (Å²) in [4.78, 5) is 0. The van der Waals surface area contributed by atoms with Gasteiger partial charge in [0.2, 0.25) is 0 Å². The minimum Gasteiger partial charge on any atom is -0.466 e. The molecule has 0 amide bonds. The maximum Gasteiger partial charge on any atom is 0.106 e. The van der Waals surface area contributed by atoms with Gasteiger partial charge in [-0.15, -0.1) is 0 Å². The van der Waals surface area contributed by atoms with E-state index in [4.69, 9.17) is 27.6 Å². The molecule has 0 radical (unpaired) electrons. The third-order valence-electron chi connectivity index (χ3n) is 3.27. The van der Waals surface area contributed by atoms with Crippen LogP contribution in [0.5, 0.6) is 0 Å². The average molecular weight is 312 g/mol. The molecule has 20 heavy (non-hydrogen) atoms. The lowest BCUT2D eigenvalue weighted by atomic mass is 9.98. The Morgan fingerprint density at radius 2 is 1.90 bits per heavy atom. The van der Waals surface area contributed by atoms with Gasteiger partial charge in [0.15, 0.2) is 0 Å². The SMILES string of the molecule is CCCNC(c1ccc(Cl)c(Cl)c1)c1cc(C)oc1C. The lowest BCUT2D eigenvalue weighted by Crippen LogP contribution is -2.23. The molecule has 1 atom stereocenters. The highest BCUT2D eigenvalue weighted by Crippen LogP contribution is 2.31. The molecule has 1 heterocycles. The Morgan fingerprint density at radius 3 is 2.45 bits per heavy atom. The zero-order valence-electron chi connectivity index (χ0n) is 12.0. The van der Waals surface area contributed by atoms with Gasteiger partial charge in [0.1, 0.15) is 11.5 Å². The molecule has 4 heteroatoms. The van der Waals surface area contributed by atoms with E-state index in [9.17, 15) is 0 Å². The van der Waals surface area contributed by atoms with Gasteiger partial charge in [0, 0.05) is 5.56 Å². The molecule has 0 spiro atoms. The Bertz CT molecular complexity index is 592. The zero-order chi connectivity index (χ0) is 14.7. The molecule has 0 aliphatic carbocycles. The lowest BCUT2D eigenvalue weighted by Gasteiger charge is -2.19. The standard InChI is InChI=1S/C16H19Cl2NO/c1-4-7-19-16(13-8-10(2)20-11(13)3)12-5-6-14(17)15(18)9-12/h5-6,8-9,16,19H,4,7H2,1-3H3. The number of aryl methyl sites for hydroxylation is 2. The molecular weight excluding hydrogens is 293 g/mol. The summed E-state index contributed by atoms with van der Waals surface area (Å²) in [6, 6.07) is 7.90. The van der Waals surface area contributed by atoms with E-state index in [-0.39, 0.29) is 6.04 Å². The molecule has 1 unspecified atom stereocenters. The minimum atomic E-state index is 0.0715. The fourth-order valence-corrected chi connectivity index (χ4v) is 2.63. The molecule has 0 aliphatic heterocycles. The summed E-state index contributed by atoms with van der Waals surface area (Å²) < 4.78 is 5.65. The highest BCUT2D eigenvalue weighted by molar-refractivity contribution is 6.42. The van der Waals surface area contributed by atoms with E-state index in [1.54, 1.807) is 0 Å². The first-order valence-electron chi connectivity index (χ1n) is 6.78. The Kier molecular flexibility index (Phi) is 5.14. The molecule has 1 aromatic heterocycles. The zero-order valence-corrected chi connectivity index (χ0v) is 13.5. The molecule has 108 valence electrons. The van der Waals surface area contributed by atoms with E-state index in [0.717, 1.165) is 35.6 Å². The fraction of sp³-hybridized carbons (Fsp3) is 0.375. The number of rotatable bonds is 5. The third-order valence-corrected chi connectivity index (χ3v) is 4.00. The van der Waals surface area contributed by atoms with E-state index in [2.05, 4.69) is 18.3 Å². The first-order valence-corrected chi connectivity index (χ1v) is 7.53. The van der Waals surface area contributed by atoms with E-state index in [1.165, 1.54) is 0 Å². The Hall–Kier alpha value is -0.960. The van der Waals surface area contributed by atoms with Gasteiger partial charge in [0.05, 0.1) is 16.1 Å². The molecule has 0 fully saturated rings. The number of hydrogen-bond donors (Lipinski definition) is 1. The van der Waals surface area contributed by atoms with E-state index < -0.39 is 0 Å². The van der Waals surface area contributed by atoms with Crippen LogP contribution in [0.2, 0.25) is 10.0 Å². The van der Waals surface area contributed by atoms with Gasteiger partial charge in [-0.05, 0) is 50.6 Å². The van der Waals surface area contributed by atoms with Crippen molar-refractivity contribution in [3.05, 3.63) is 57.0 Å². The van der Waals surface area contributed by atoms with Crippen molar-refractivity contribution in [3.8, 4) is 0 Å². The monoisotopic (exact) mass is 311 g/mol. The molecule has 0 aliphatic rings. The van der Waals surface area contributed by atoms with Crippen molar-refractivity contribution in [3.63, 3.8) is 0 Å². The predicted molar refractivity (Wildman–Crippen MR) is 84.8 cm³/mol. The number of hydrogen-bond acceptors (Lipinski definition) is 2. The van der Waals surface area contributed by atoms with E-state index in [0.29, 0.717) is 10.0 Å². The first-order chi connectivity index (χ1) is 9.52. The maximum absolute atomic E-state index is 6.14. The van der Waals surface area contributed by atoms with Crippen molar-refractivity contribution in [2.24, 2.45) is 0 Å². The fourth-order valence-electron chi connectivity index (χ4n) is 2.33. The minimum absolute atomic E-state index is 0.0715. The number of halogens is 2. The summed E-state index contributed by atoms with van der Waals surface area (Å²) in [6.07, 6.45) is 1.06. The van der Waals surface area contributed by atoms with Gasteiger partial charge >= 0.3 is 0 Å². The number of benzene rings is 1. The van der Waals surface area contributed by atoms with E-state index in [1.807, 2.05) is 32.0 Å². The van der Waals surface area contributed by atoms with Crippen molar-refractivity contribution in [2.45, 2.75) is 33.2 Å². The second kappa shape index (κ2) is 6.66. The van der Waals surface area contributed by atoms with Crippen LogP contribution in [-0.4, -0.2) is 6.54 Å². The summed E-state index contributed by atoms with van der Waals surface area (Å²) in [6.45, 7) is 7.02. The van der Waals surface area contributed by atoms with Crippen LogP contribution in [0.4, 0.5) is 0 Å². The number of nitrogens with one attached hydrogen (secondary N) is 1. The van der Waals surface area contributed by atoms with Crippen LogP contribution in [0.1, 0.15) is 42.0 Å². The molecule has 2 rings (SSSR count). The maximum atomic E-state index is 6.14. The van der Waals surface area contributed by atoms with Crippen LogP contribution in [0.3, 0.4) is 0 Å². The molecule has 2 nitrogen and oxygen atoms in total. The highest BCUT2D eigenvalue weighted by atomic mass is 35.5. The average Bonchev–Trinajstić information content (AvgIpc) is 2.73. The smallest absolute Gasteiger partial charge is 0.106 e. The molecule has 2 aromatic rings. The molecule has 0 bridgehead atoms.